The lowest BCUT2D eigenvalue weighted by Crippen LogP contribution is -2.15. The minimum absolute atomic E-state index is 0.0546. The molecule has 0 amide bonds. The summed E-state index contributed by atoms with van der Waals surface area (Å²) >= 11 is 1.47. The van der Waals surface area contributed by atoms with E-state index in [1.54, 1.807) is 12.1 Å². The summed E-state index contributed by atoms with van der Waals surface area (Å²) in [6, 6.07) is 4.85. The highest BCUT2D eigenvalue weighted by atomic mass is 32.2. The number of carbonyl (C=O) groups is 2. The predicted octanol–water partition coefficient (Wildman–Crippen LogP) is 1.66. The van der Waals surface area contributed by atoms with Gasteiger partial charge >= 0.3 is 5.97 Å². The maximum absolute atomic E-state index is 12.2. The van der Waals surface area contributed by atoms with Crippen molar-refractivity contribution < 1.29 is 14.7 Å². The second kappa shape index (κ2) is 6.25. The molecule has 0 aromatic carbocycles. The van der Waals surface area contributed by atoms with Gasteiger partial charge in [-0.2, -0.15) is 11.8 Å². The smallest absolute Gasteiger partial charge is 0.355 e. The van der Waals surface area contributed by atoms with Crippen LogP contribution in [0.2, 0.25) is 0 Å². The number of rotatable bonds is 5. The lowest BCUT2D eigenvalue weighted by molar-refractivity contribution is 0.0685. The molecular formula is C13H11N3O3S. The summed E-state index contributed by atoms with van der Waals surface area (Å²) < 4.78 is 0. The van der Waals surface area contributed by atoms with E-state index in [9.17, 15) is 14.7 Å². The van der Waals surface area contributed by atoms with Crippen LogP contribution in [-0.2, 0) is 5.75 Å². The van der Waals surface area contributed by atoms with Crippen LogP contribution >= 0.6 is 11.8 Å². The Morgan fingerprint density at radius 1 is 1.30 bits per heavy atom. The molecule has 102 valence electrons. The lowest BCUT2D eigenvalue weighted by atomic mass is 10.1. The number of carboxylic acids is 1. The first-order valence-electron chi connectivity index (χ1n) is 5.67. The van der Waals surface area contributed by atoms with Gasteiger partial charge in [0, 0.05) is 12.4 Å². The maximum atomic E-state index is 12.2. The molecule has 2 rings (SSSR count). The van der Waals surface area contributed by atoms with Gasteiger partial charge in [0.25, 0.3) is 0 Å². The third kappa shape index (κ3) is 3.00. The number of ketones is 1. The summed E-state index contributed by atoms with van der Waals surface area (Å²) in [5, 5.41) is 9.18. The Bertz CT molecular complexity index is 647. The molecule has 2 aromatic heterocycles. The zero-order chi connectivity index (χ0) is 14.5. The molecule has 1 N–H and O–H groups in total. The Hall–Kier alpha value is -2.28. The molecule has 0 atom stereocenters. The topological polar surface area (TPSA) is 93.0 Å². The molecule has 0 fully saturated rings. The minimum atomic E-state index is -1.26. The van der Waals surface area contributed by atoms with Gasteiger partial charge in [0.15, 0.2) is 5.69 Å². The number of aromatic nitrogens is 3. The Labute approximate surface area is 119 Å². The molecule has 0 saturated heterocycles. The van der Waals surface area contributed by atoms with Crippen LogP contribution in [0.1, 0.15) is 32.4 Å². The van der Waals surface area contributed by atoms with E-state index in [0.29, 0.717) is 11.6 Å². The quantitative estimate of drug-likeness (QED) is 0.837. The number of carboxylic acid groups (broad SMARTS) is 1. The average molecular weight is 289 g/mol. The van der Waals surface area contributed by atoms with E-state index in [2.05, 4.69) is 15.0 Å². The Morgan fingerprint density at radius 2 is 2.10 bits per heavy atom. The number of carbonyl (C=O) groups excluding carboxylic acids is 1. The molecular weight excluding hydrogens is 278 g/mol. The third-order valence-electron chi connectivity index (χ3n) is 2.46. The van der Waals surface area contributed by atoms with E-state index in [1.165, 1.54) is 30.2 Å². The summed E-state index contributed by atoms with van der Waals surface area (Å²) in [6.07, 6.45) is 4.58. The van der Waals surface area contributed by atoms with Crippen LogP contribution in [0.3, 0.4) is 0 Å². The number of hydrogen-bond acceptors (Lipinski definition) is 6. The largest absolute Gasteiger partial charge is 0.476 e. The molecule has 0 unspecified atom stereocenters. The summed E-state index contributed by atoms with van der Waals surface area (Å²) in [5.74, 6) is -0.890. The first-order valence-corrected chi connectivity index (χ1v) is 7.06. The number of hydrogen-bond donors (Lipinski definition) is 1. The molecule has 0 aliphatic heterocycles. The zero-order valence-electron chi connectivity index (χ0n) is 10.6. The van der Waals surface area contributed by atoms with Gasteiger partial charge in [-0.15, -0.1) is 0 Å². The van der Waals surface area contributed by atoms with E-state index in [-0.39, 0.29) is 17.0 Å². The van der Waals surface area contributed by atoms with Crippen LogP contribution in [0.25, 0.3) is 0 Å². The molecule has 2 aromatic rings. The molecule has 0 saturated carbocycles. The number of thioether (sulfide) groups is 1. The van der Waals surface area contributed by atoms with Crippen molar-refractivity contribution in [2.75, 3.05) is 6.26 Å². The molecule has 2 heterocycles. The fourth-order valence-corrected chi connectivity index (χ4v) is 1.98. The number of nitrogens with zero attached hydrogens (tertiary/aromatic N) is 3. The standard InChI is InChI=1S/C13H11N3O3S/c1-20-7-10-15-6-8(11(16-10)13(18)19)12(17)9-4-2-3-5-14-9/h2-6H,7H2,1H3,(H,18,19). The Kier molecular flexibility index (Phi) is 4.41. The zero-order valence-corrected chi connectivity index (χ0v) is 11.4. The van der Waals surface area contributed by atoms with E-state index in [4.69, 9.17) is 0 Å². The molecule has 0 aliphatic carbocycles. The van der Waals surface area contributed by atoms with Crippen molar-refractivity contribution in [3.8, 4) is 0 Å². The molecule has 0 bridgehead atoms. The van der Waals surface area contributed by atoms with Crippen molar-refractivity contribution >= 4 is 23.5 Å². The summed E-state index contributed by atoms with van der Waals surface area (Å²) in [7, 11) is 0. The average Bonchev–Trinajstić information content (AvgIpc) is 2.47. The highest BCUT2D eigenvalue weighted by molar-refractivity contribution is 7.97. The lowest BCUT2D eigenvalue weighted by Gasteiger charge is -2.05. The molecule has 0 spiro atoms. The van der Waals surface area contributed by atoms with Crippen molar-refractivity contribution in [1.82, 2.24) is 15.0 Å². The normalized spacial score (nSPS) is 10.2. The van der Waals surface area contributed by atoms with Gasteiger partial charge in [-0.05, 0) is 18.4 Å². The van der Waals surface area contributed by atoms with Crippen molar-refractivity contribution in [2.45, 2.75) is 5.75 Å². The molecule has 20 heavy (non-hydrogen) atoms. The van der Waals surface area contributed by atoms with Gasteiger partial charge in [-0.3, -0.25) is 9.78 Å². The van der Waals surface area contributed by atoms with E-state index in [1.807, 2.05) is 6.26 Å². The van der Waals surface area contributed by atoms with E-state index >= 15 is 0 Å². The molecule has 0 radical (unpaired) electrons. The van der Waals surface area contributed by atoms with Crippen LogP contribution in [-0.4, -0.2) is 38.1 Å². The van der Waals surface area contributed by atoms with Gasteiger partial charge in [0.2, 0.25) is 5.78 Å². The number of aromatic carboxylic acids is 1. The van der Waals surface area contributed by atoms with Crippen LogP contribution in [0.5, 0.6) is 0 Å². The van der Waals surface area contributed by atoms with Crippen molar-refractivity contribution in [2.24, 2.45) is 0 Å². The first kappa shape index (κ1) is 14.1. The first-order chi connectivity index (χ1) is 9.63. The van der Waals surface area contributed by atoms with Crippen molar-refractivity contribution in [1.29, 1.82) is 0 Å². The van der Waals surface area contributed by atoms with E-state index < -0.39 is 11.8 Å². The van der Waals surface area contributed by atoms with Crippen LogP contribution in [0.4, 0.5) is 0 Å². The minimum Gasteiger partial charge on any atom is -0.476 e. The van der Waals surface area contributed by atoms with Gasteiger partial charge in [-0.1, -0.05) is 6.07 Å². The van der Waals surface area contributed by atoms with Gasteiger partial charge in [0.05, 0.1) is 11.3 Å². The molecule has 0 aliphatic rings. The summed E-state index contributed by atoms with van der Waals surface area (Å²) in [4.78, 5) is 35.3. The van der Waals surface area contributed by atoms with Gasteiger partial charge < -0.3 is 5.11 Å². The monoisotopic (exact) mass is 289 g/mol. The van der Waals surface area contributed by atoms with Gasteiger partial charge in [-0.25, -0.2) is 14.8 Å². The highest BCUT2D eigenvalue weighted by Crippen LogP contribution is 2.13. The number of pyridine rings is 1. The van der Waals surface area contributed by atoms with Crippen molar-refractivity contribution in [3.05, 3.63) is 53.4 Å². The van der Waals surface area contributed by atoms with Crippen molar-refractivity contribution in [3.63, 3.8) is 0 Å². The SMILES string of the molecule is CSCc1ncc(C(=O)c2ccccn2)c(C(=O)O)n1. The fraction of sp³-hybridized carbons (Fsp3) is 0.154. The summed E-state index contributed by atoms with van der Waals surface area (Å²) in [5.41, 5.74) is -0.183. The van der Waals surface area contributed by atoms with Crippen LogP contribution in [0, 0.1) is 0 Å². The van der Waals surface area contributed by atoms with Gasteiger partial charge in [0.1, 0.15) is 11.5 Å². The predicted molar refractivity (Wildman–Crippen MR) is 73.9 cm³/mol. The second-order valence-corrected chi connectivity index (χ2v) is 4.70. The Morgan fingerprint density at radius 3 is 2.70 bits per heavy atom. The second-order valence-electron chi connectivity index (χ2n) is 3.83. The van der Waals surface area contributed by atoms with Crippen LogP contribution < -0.4 is 0 Å². The third-order valence-corrected chi connectivity index (χ3v) is 3.00. The molecule has 6 nitrogen and oxygen atoms in total. The summed E-state index contributed by atoms with van der Waals surface area (Å²) in [6.45, 7) is 0. The van der Waals surface area contributed by atoms with E-state index in [0.717, 1.165) is 0 Å². The van der Waals surface area contributed by atoms with Crippen LogP contribution in [0.15, 0.2) is 30.6 Å². The molecule has 7 heteroatoms. The maximum Gasteiger partial charge on any atom is 0.355 e. The Balaban J connectivity index is 2.46. The highest BCUT2D eigenvalue weighted by Gasteiger charge is 2.21. The fourth-order valence-electron chi connectivity index (χ4n) is 1.58.